The first-order valence-electron chi connectivity index (χ1n) is 8.27. The molecule has 23 heavy (non-hydrogen) atoms. The Kier molecular flexibility index (Phi) is 5.62. The zero-order valence-corrected chi connectivity index (χ0v) is 14.5. The van der Waals surface area contributed by atoms with E-state index in [1.165, 1.54) is 0 Å². The summed E-state index contributed by atoms with van der Waals surface area (Å²) in [5, 5.41) is 9.56. The summed E-state index contributed by atoms with van der Waals surface area (Å²) in [6.07, 6.45) is 0.889. The van der Waals surface area contributed by atoms with Crippen LogP contribution in [0.5, 0.6) is 0 Å². The number of fused-ring (bicyclic) bond motifs is 1. The van der Waals surface area contributed by atoms with Gasteiger partial charge in [0.15, 0.2) is 0 Å². The van der Waals surface area contributed by atoms with E-state index in [1.807, 2.05) is 37.2 Å². The lowest BCUT2D eigenvalue weighted by atomic mass is 10.0. The minimum Gasteiger partial charge on any atom is -0.378 e. The van der Waals surface area contributed by atoms with Crippen molar-refractivity contribution in [3.8, 4) is 6.07 Å². The minimum atomic E-state index is -0.464. The largest absolute Gasteiger partial charge is 0.378 e. The predicted octanol–water partition coefficient (Wildman–Crippen LogP) is 2.50. The van der Waals surface area contributed by atoms with E-state index in [2.05, 4.69) is 24.8 Å². The SMILES string of the molecule is CCN(CC)CCCN1C(=O)c2ccc(N(C)C)cc2C1C#N. The highest BCUT2D eigenvalue weighted by atomic mass is 16.2. The van der Waals surface area contributed by atoms with E-state index in [9.17, 15) is 10.1 Å². The van der Waals surface area contributed by atoms with Gasteiger partial charge >= 0.3 is 0 Å². The van der Waals surface area contributed by atoms with Gasteiger partial charge in [-0.25, -0.2) is 0 Å². The number of amides is 1. The fraction of sp³-hybridized carbons (Fsp3) is 0.556. The Labute approximate surface area is 139 Å². The second-order valence-electron chi connectivity index (χ2n) is 6.08. The maximum atomic E-state index is 12.6. The molecule has 1 heterocycles. The summed E-state index contributed by atoms with van der Waals surface area (Å²) in [6.45, 7) is 7.88. The van der Waals surface area contributed by atoms with Crippen LogP contribution in [0.1, 0.15) is 42.2 Å². The number of carbonyl (C=O) groups is 1. The summed E-state index contributed by atoms with van der Waals surface area (Å²) in [5.74, 6) is -0.0172. The average Bonchev–Trinajstić information content (AvgIpc) is 2.82. The van der Waals surface area contributed by atoms with Crippen LogP contribution in [-0.4, -0.2) is 56.0 Å². The molecular formula is C18H26N4O. The van der Waals surface area contributed by atoms with E-state index in [0.29, 0.717) is 12.1 Å². The Morgan fingerprint density at radius 2 is 1.96 bits per heavy atom. The molecule has 1 unspecified atom stereocenters. The predicted molar refractivity (Wildman–Crippen MR) is 92.6 cm³/mol. The van der Waals surface area contributed by atoms with Gasteiger partial charge in [-0.15, -0.1) is 0 Å². The van der Waals surface area contributed by atoms with Gasteiger partial charge in [-0.1, -0.05) is 13.8 Å². The number of hydrogen-bond donors (Lipinski definition) is 0. The highest BCUT2D eigenvalue weighted by molar-refractivity contribution is 6.00. The van der Waals surface area contributed by atoms with Crippen LogP contribution in [-0.2, 0) is 0 Å². The molecular weight excluding hydrogens is 288 g/mol. The summed E-state index contributed by atoms with van der Waals surface area (Å²) >= 11 is 0. The van der Waals surface area contributed by atoms with Crippen LogP contribution in [0.3, 0.4) is 0 Å². The first-order chi connectivity index (χ1) is 11.0. The van der Waals surface area contributed by atoms with Crippen molar-refractivity contribution in [3.05, 3.63) is 29.3 Å². The number of nitriles is 1. The van der Waals surface area contributed by atoms with Gasteiger partial charge in [-0.05, 0) is 44.3 Å². The van der Waals surface area contributed by atoms with Gasteiger partial charge < -0.3 is 14.7 Å². The van der Waals surface area contributed by atoms with E-state index >= 15 is 0 Å². The number of nitrogens with zero attached hydrogens (tertiary/aromatic N) is 4. The monoisotopic (exact) mass is 314 g/mol. The Hall–Kier alpha value is -2.06. The lowest BCUT2D eigenvalue weighted by Gasteiger charge is -2.23. The highest BCUT2D eigenvalue weighted by Gasteiger charge is 2.36. The first kappa shape index (κ1) is 17.3. The lowest BCUT2D eigenvalue weighted by molar-refractivity contribution is 0.0750. The van der Waals surface area contributed by atoms with Gasteiger partial charge in [0.2, 0.25) is 0 Å². The molecule has 1 aliphatic heterocycles. The van der Waals surface area contributed by atoms with Crippen molar-refractivity contribution in [2.75, 3.05) is 45.2 Å². The zero-order chi connectivity index (χ0) is 17.0. The molecule has 0 aliphatic carbocycles. The highest BCUT2D eigenvalue weighted by Crippen LogP contribution is 2.35. The lowest BCUT2D eigenvalue weighted by Crippen LogP contribution is -2.32. The molecule has 0 spiro atoms. The third kappa shape index (κ3) is 3.48. The molecule has 5 nitrogen and oxygen atoms in total. The maximum absolute atomic E-state index is 12.6. The van der Waals surface area contributed by atoms with Crippen molar-refractivity contribution < 1.29 is 4.79 Å². The second-order valence-corrected chi connectivity index (χ2v) is 6.08. The second kappa shape index (κ2) is 7.47. The van der Waals surface area contributed by atoms with E-state index in [1.54, 1.807) is 4.90 Å². The van der Waals surface area contributed by atoms with Crippen molar-refractivity contribution >= 4 is 11.6 Å². The van der Waals surface area contributed by atoms with Crippen LogP contribution in [0.25, 0.3) is 0 Å². The first-order valence-corrected chi connectivity index (χ1v) is 8.27. The van der Waals surface area contributed by atoms with Crippen LogP contribution >= 0.6 is 0 Å². The van der Waals surface area contributed by atoms with E-state index in [-0.39, 0.29) is 5.91 Å². The number of hydrogen-bond acceptors (Lipinski definition) is 4. The Bertz CT molecular complexity index is 602. The molecule has 1 aromatic rings. The number of anilines is 1. The minimum absolute atomic E-state index is 0.0172. The van der Waals surface area contributed by atoms with Crippen molar-refractivity contribution in [2.45, 2.75) is 26.3 Å². The molecule has 5 heteroatoms. The third-order valence-corrected chi connectivity index (χ3v) is 4.54. The Balaban J connectivity index is 2.14. The van der Waals surface area contributed by atoms with Gasteiger partial charge in [0, 0.05) is 37.5 Å². The molecule has 1 aromatic carbocycles. The van der Waals surface area contributed by atoms with E-state index in [0.717, 1.165) is 37.3 Å². The Morgan fingerprint density at radius 1 is 1.26 bits per heavy atom. The van der Waals surface area contributed by atoms with Crippen LogP contribution < -0.4 is 4.90 Å². The average molecular weight is 314 g/mol. The molecule has 124 valence electrons. The molecule has 0 saturated carbocycles. The van der Waals surface area contributed by atoms with Gasteiger partial charge in [0.1, 0.15) is 6.04 Å². The molecule has 0 bridgehead atoms. The molecule has 0 saturated heterocycles. The van der Waals surface area contributed by atoms with Crippen LogP contribution in [0.15, 0.2) is 18.2 Å². The zero-order valence-electron chi connectivity index (χ0n) is 14.5. The third-order valence-electron chi connectivity index (χ3n) is 4.54. The normalized spacial score (nSPS) is 16.6. The van der Waals surface area contributed by atoms with Gasteiger partial charge in [-0.3, -0.25) is 4.79 Å². The van der Waals surface area contributed by atoms with E-state index < -0.39 is 6.04 Å². The molecule has 1 amide bonds. The van der Waals surface area contributed by atoms with Crippen molar-refractivity contribution in [2.24, 2.45) is 0 Å². The van der Waals surface area contributed by atoms with Crippen LogP contribution in [0, 0.1) is 11.3 Å². The summed E-state index contributed by atoms with van der Waals surface area (Å²) < 4.78 is 0. The molecule has 0 fully saturated rings. The number of rotatable bonds is 7. The van der Waals surface area contributed by atoms with Crippen molar-refractivity contribution in [1.29, 1.82) is 5.26 Å². The molecule has 0 aromatic heterocycles. The van der Waals surface area contributed by atoms with Gasteiger partial charge in [0.25, 0.3) is 5.91 Å². The summed E-state index contributed by atoms with van der Waals surface area (Å²) in [6, 6.07) is 7.59. The van der Waals surface area contributed by atoms with Gasteiger partial charge in [-0.2, -0.15) is 5.26 Å². The fourth-order valence-electron chi connectivity index (χ4n) is 3.06. The molecule has 0 radical (unpaired) electrons. The Morgan fingerprint density at radius 3 is 2.52 bits per heavy atom. The van der Waals surface area contributed by atoms with Gasteiger partial charge in [0.05, 0.1) is 6.07 Å². The van der Waals surface area contributed by atoms with Crippen LogP contribution in [0.2, 0.25) is 0 Å². The molecule has 0 N–H and O–H groups in total. The van der Waals surface area contributed by atoms with E-state index in [4.69, 9.17) is 0 Å². The van der Waals surface area contributed by atoms with Crippen LogP contribution in [0.4, 0.5) is 5.69 Å². The maximum Gasteiger partial charge on any atom is 0.255 e. The van der Waals surface area contributed by atoms with Crippen molar-refractivity contribution in [1.82, 2.24) is 9.80 Å². The topological polar surface area (TPSA) is 50.6 Å². The molecule has 1 atom stereocenters. The molecule has 2 rings (SSSR count). The summed E-state index contributed by atoms with van der Waals surface area (Å²) in [7, 11) is 3.92. The smallest absolute Gasteiger partial charge is 0.255 e. The fourth-order valence-corrected chi connectivity index (χ4v) is 3.06. The summed E-state index contributed by atoms with van der Waals surface area (Å²) in [4.78, 5) is 18.6. The molecule has 1 aliphatic rings. The number of carbonyl (C=O) groups excluding carboxylic acids is 1. The summed E-state index contributed by atoms with van der Waals surface area (Å²) in [5.41, 5.74) is 2.53. The number of benzene rings is 1. The van der Waals surface area contributed by atoms with Crippen molar-refractivity contribution in [3.63, 3.8) is 0 Å². The standard InChI is InChI=1S/C18H26N4O/c1-5-21(6-2)10-7-11-22-17(13-19)16-12-14(20(3)4)8-9-15(16)18(22)23/h8-9,12,17H,5-7,10-11H2,1-4H3. The quantitative estimate of drug-likeness (QED) is 0.776.